The summed E-state index contributed by atoms with van der Waals surface area (Å²) in [6, 6.07) is -1.57. The van der Waals surface area contributed by atoms with Crippen molar-refractivity contribution in [3.8, 4) is 0 Å². The third-order valence-electron chi connectivity index (χ3n) is 3.09. The van der Waals surface area contributed by atoms with Crippen molar-refractivity contribution in [1.29, 1.82) is 0 Å². The first-order chi connectivity index (χ1) is 10.0. The standard InChI is InChI=1S/C15H28N2O5/c1-8-9(2)11(13(19)21-7)17-12(18)10(3)16-14(20)22-15(4,5)6/h9-11H,8H2,1-7H3,(H,16,20)(H,17,18)/t9?,10-,11-/m0/s1. The summed E-state index contributed by atoms with van der Waals surface area (Å²) in [6.45, 7) is 10.5. The van der Waals surface area contributed by atoms with E-state index in [1.165, 1.54) is 14.0 Å². The number of hydrogen-bond donors (Lipinski definition) is 2. The van der Waals surface area contributed by atoms with Gasteiger partial charge in [-0.3, -0.25) is 4.79 Å². The lowest BCUT2D eigenvalue weighted by Crippen LogP contribution is -2.53. The molecule has 2 N–H and O–H groups in total. The van der Waals surface area contributed by atoms with Crippen molar-refractivity contribution in [3.63, 3.8) is 0 Å². The first-order valence-corrected chi connectivity index (χ1v) is 7.39. The van der Waals surface area contributed by atoms with E-state index in [0.717, 1.165) is 0 Å². The normalized spacial score (nSPS) is 15.2. The highest BCUT2D eigenvalue weighted by molar-refractivity contribution is 5.89. The topological polar surface area (TPSA) is 93.7 Å². The Bertz CT molecular complexity index is 403. The molecule has 0 saturated heterocycles. The zero-order chi connectivity index (χ0) is 17.5. The number of methoxy groups -OCH3 is 1. The van der Waals surface area contributed by atoms with Crippen LogP contribution in [0.2, 0.25) is 0 Å². The molecule has 128 valence electrons. The fourth-order valence-electron chi connectivity index (χ4n) is 1.62. The van der Waals surface area contributed by atoms with Crippen LogP contribution in [-0.4, -0.2) is 42.8 Å². The van der Waals surface area contributed by atoms with Crippen molar-refractivity contribution < 1.29 is 23.9 Å². The lowest BCUT2D eigenvalue weighted by Gasteiger charge is -2.25. The maximum Gasteiger partial charge on any atom is 0.408 e. The summed E-state index contributed by atoms with van der Waals surface area (Å²) in [6.07, 6.45) is 0.0156. The summed E-state index contributed by atoms with van der Waals surface area (Å²) in [5.41, 5.74) is -0.647. The van der Waals surface area contributed by atoms with Gasteiger partial charge in [-0.2, -0.15) is 0 Å². The number of carbonyl (C=O) groups excluding carboxylic acids is 3. The molecule has 0 aliphatic heterocycles. The quantitative estimate of drug-likeness (QED) is 0.726. The Hall–Kier alpha value is -1.79. The third kappa shape index (κ3) is 7.28. The summed E-state index contributed by atoms with van der Waals surface area (Å²) in [5, 5.41) is 5.03. The number of alkyl carbamates (subject to hydrolysis) is 1. The van der Waals surface area contributed by atoms with Crippen LogP contribution in [0, 0.1) is 5.92 Å². The van der Waals surface area contributed by atoms with Gasteiger partial charge in [0.1, 0.15) is 17.7 Å². The Morgan fingerprint density at radius 1 is 1.09 bits per heavy atom. The molecule has 7 heteroatoms. The van der Waals surface area contributed by atoms with Crippen molar-refractivity contribution >= 4 is 18.0 Å². The van der Waals surface area contributed by atoms with Crippen LogP contribution in [0.25, 0.3) is 0 Å². The highest BCUT2D eigenvalue weighted by Crippen LogP contribution is 2.10. The van der Waals surface area contributed by atoms with E-state index in [1.54, 1.807) is 20.8 Å². The SMILES string of the molecule is CCC(C)[C@H](NC(=O)[C@H](C)NC(=O)OC(C)(C)C)C(=O)OC. The molecule has 0 spiro atoms. The van der Waals surface area contributed by atoms with Crippen molar-refractivity contribution in [3.05, 3.63) is 0 Å². The van der Waals surface area contributed by atoms with E-state index in [2.05, 4.69) is 10.6 Å². The van der Waals surface area contributed by atoms with Crippen molar-refractivity contribution in [2.75, 3.05) is 7.11 Å². The third-order valence-corrected chi connectivity index (χ3v) is 3.09. The number of nitrogens with one attached hydrogen (secondary N) is 2. The Balaban J connectivity index is 4.67. The number of rotatable bonds is 6. The number of esters is 1. The largest absolute Gasteiger partial charge is 0.467 e. The Labute approximate surface area is 132 Å². The molecule has 0 heterocycles. The summed E-state index contributed by atoms with van der Waals surface area (Å²) in [5.74, 6) is -1.06. The minimum Gasteiger partial charge on any atom is -0.467 e. The average Bonchev–Trinajstić information content (AvgIpc) is 2.40. The highest BCUT2D eigenvalue weighted by atomic mass is 16.6. The summed E-state index contributed by atoms with van der Waals surface area (Å²) in [7, 11) is 1.27. The van der Waals surface area contributed by atoms with Gasteiger partial charge in [-0.25, -0.2) is 9.59 Å². The van der Waals surface area contributed by atoms with Gasteiger partial charge in [-0.15, -0.1) is 0 Å². The molecule has 7 nitrogen and oxygen atoms in total. The van der Waals surface area contributed by atoms with Gasteiger partial charge >= 0.3 is 12.1 Å². The van der Waals surface area contributed by atoms with E-state index >= 15 is 0 Å². The van der Waals surface area contributed by atoms with E-state index in [1.807, 2.05) is 13.8 Å². The molecule has 1 unspecified atom stereocenters. The monoisotopic (exact) mass is 316 g/mol. The lowest BCUT2D eigenvalue weighted by molar-refractivity contribution is -0.146. The number of amides is 2. The molecule has 2 amide bonds. The maximum atomic E-state index is 12.1. The van der Waals surface area contributed by atoms with Gasteiger partial charge in [0.25, 0.3) is 0 Å². The number of ether oxygens (including phenoxy) is 2. The Kier molecular flexibility index (Phi) is 7.90. The van der Waals surface area contributed by atoms with Crippen molar-refractivity contribution in [1.82, 2.24) is 10.6 Å². The molecule has 0 fully saturated rings. The predicted molar refractivity (Wildman–Crippen MR) is 82.2 cm³/mol. The van der Waals surface area contributed by atoms with Crippen LogP contribution in [0.1, 0.15) is 48.0 Å². The minimum absolute atomic E-state index is 0.0786. The van der Waals surface area contributed by atoms with Gasteiger partial charge in [-0.1, -0.05) is 20.3 Å². The van der Waals surface area contributed by atoms with Gasteiger partial charge in [0.15, 0.2) is 0 Å². The van der Waals surface area contributed by atoms with Crippen LogP contribution < -0.4 is 10.6 Å². The first-order valence-electron chi connectivity index (χ1n) is 7.39. The van der Waals surface area contributed by atoms with Crippen molar-refractivity contribution in [2.24, 2.45) is 5.92 Å². The Morgan fingerprint density at radius 3 is 2.05 bits per heavy atom. The van der Waals surface area contributed by atoms with Crippen LogP contribution in [0.3, 0.4) is 0 Å². The molecular weight excluding hydrogens is 288 g/mol. The second kappa shape index (κ2) is 8.60. The highest BCUT2D eigenvalue weighted by Gasteiger charge is 2.29. The smallest absolute Gasteiger partial charge is 0.408 e. The molecule has 0 aromatic carbocycles. The van der Waals surface area contributed by atoms with E-state index in [0.29, 0.717) is 6.42 Å². The van der Waals surface area contributed by atoms with Gasteiger partial charge in [-0.05, 0) is 33.6 Å². The van der Waals surface area contributed by atoms with E-state index in [9.17, 15) is 14.4 Å². The number of hydrogen-bond acceptors (Lipinski definition) is 5. The molecular formula is C15H28N2O5. The molecule has 3 atom stereocenters. The fraction of sp³-hybridized carbons (Fsp3) is 0.800. The first kappa shape index (κ1) is 20.2. The van der Waals surface area contributed by atoms with Gasteiger partial charge in [0.05, 0.1) is 7.11 Å². The van der Waals surface area contributed by atoms with Crippen LogP contribution in [0.15, 0.2) is 0 Å². The van der Waals surface area contributed by atoms with Gasteiger partial charge < -0.3 is 20.1 Å². The molecule has 0 aromatic heterocycles. The van der Waals surface area contributed by atoms with Crippen LogP contribution in [0.5, 0.6) is 0 Å². The second-order valence-electron chi connectivity index (χ2n) is 6.26. The Morgan fingerprint density at radius 2 is 1.64 bits per heavy atom. The van der Waals surface area contributed by atoms with Crippen LogP contribution in [-0.2, 0) is 19.1 Å². The maximum absolute atomic E-state index is 12.1. The van der Waals surface area contributed by atoms with Crippen LogP contribution in [0.4, 0.5) is 4.79 Å². The zero-order valence-corrected chi connectivity index (χ0v) is 14.5. The summed E-state index contributed by atoms with van der Waals surface area (Å²) < 4.78 is 9.78. The van der Waals surface area contributed by atoms with Gasteiger partial charge in [0.2, 0.25) is 5.91 Å². The lowest BCUT2D eigenvalue weighted by atomic mass is 9.99. The molecule has 0 rings (SSSR count). The molecule has 22 heavy (non-hydrogen) atoms. The number of carbonyl (C=O) groups is 3. The molecule has 0 bridgehead atoms. The second-order valence-corrected chi connectivity index (χ2v) is 6.26. The molecule has 0 aromatic rings. The molecule has 0 saturated carbocycles. The van der Waals surface area contributed by atoms with E-state index in [-0.39, 0.29) is 5.92 Å². The summed E-state index contributed by atoms with van der Waals surface area (Å²) >= 11 is 0. The van der Waals surface area contributed by atoms with Crippen molar-refractivity contribution in [2.45, 2.75) is 65.6 Å². The predicted octanol–water partition coefficient (Wildman–Crippen LogP) is 1.60. The molecule has 0 aliphatic rings. The van der Waals surface area contributed by atoms with E-state index < -0.39 is 35.7 Å². The van der Waals surface area contributed by atoms with Crippen LogP contribution >= 0.6 is 0 Å². The minimum atomic E-state index is -0.828. The molecule has 0 aliphatic carbocycles. The van der Waals surface area contributed by atoms with E-state index in [4.69, 9.17) is 9.47 Å². The molecule has 0 radical (unpaired) electrons. The fourth-order valence-corrected chi connectivity index (χ4v) is 1.62. The average molecular weight is 316 g/mol. The summed E-state index contributed by atoms with van der Waals surface area (Å²) in [4.78, 5) is 35.5. The zero-order valence-electron chi connectivity index (χ0n) is 14.5. The van der Waals surface area contributed by atoms with Gasteiger partial charge in [0, 0.05) is 0 Å².